The summed E-state index contributed by atoms with van der Waals surface area (Å²) in [6.45, 7) is -1.16. The predicted molar refractivity (Wildman–Crippen MR) is 71.3 cm³/mol. The number of anilines is 1. The van der Waals surface area contributed by atoms with Crippen LogP contribution in [0, 0.1) is 0 Å². The number of hydrogen-bond donors (Lipinski definition) is 8. The SMILES string of the molecule is NC1(Nc2nc(=O)[nH]cc2CO)O[C@H](CO)[C@@H](O)[C@H](O)[C@H]1O. The second kappa shape index (κ2) is 6.26. The van der Waals surface area contributed by atoms with Crippen LogP contribution < -0.4 is 16.7 Å². The molecule has 5 atom stereocenters. The Morgan fingerprint density at radius 3 is 2.64 bits per heavy atom. The lowest BCUT2D eigenvalue weighted by molar-refractivity contribution is -0.262. The van der Waals surface area contributed by atoms with Gasteiger partial charge in [0.1, 0.15) is 30.2 Å². The third kappa shape index (κ3) is 2.96. The van der Waals surface area contributed by atoms with Crippen molar-refractivity contribution in [3.05, 3.63) is 22.2 Å². The maximum atomic E-state index is 11.3. The summed E-state index contributed by atoms with van der Waals surface area (Å²) in [6.07, 6.45) is -5.13. The van der Waals surface area contributed by atoms with Gasteiger partial charge in [0.05, 0.1) is 13.2 Å². The van der Waals surface area contributed by atoms with Crippen molar-refractivity contribution in [2.75, 3.05) is 11.9 Å². The van der Waals surface area contributed by atoms with Crippen LogP contribution in [0.5, 0.6) is 0 Å². The van der Waals surface area contributed by atoms with Gasteiger partial charge in [-0.25, -0.2) is 4.79 Å². The molecule has 11 nitrogen and oxygen atoms in total. The Bertz CT molecular complexity index is 580. The van der Waals surface area contributed by atoms with E-state index in [2.05, 4.69) is 15.3 Å². The minimum absolute atomic E-state index is 0.154. The fraction of sp³-hybridized carbons (Fsp3) is 0.636. The zero-order valence-electron chi connectivity index (χ0n) is 11.4. The molecule has 1 aromatic rings. The Balaban J connectivity index is 2.34. The molecule has 0 saturated carbocycles. The van der Waals surface area contributed by atoms with Crippen LogP contribution in [-0.4, -0.2) is 72.4 Å². The lowest BCUT2D eigenvalue weighted by Gasteiger charge is -2.46. The highest BCUT2D eigenvalue weighted by Gasteiger charge is 2.52. The van der Waals surface area contributed by atoms with Gasteiger partial charge in [-0.1, -0.05) is 0 Å². The second-order valence-corrected chi connectivity index (χ2v) is 4.92. The number of aliphatic hydroxyl groups excluding tert-OH is 5. The molecule has 2 heterocycles. The molecule has 0 aromatic carbocycles. The fourth-order valence-electron chi connectivity index (χ4n) is 2.14. The summed E-state index contributed by atoms with van der Waals surface area (Å²) in [7, 11) is 0. The quantitative estimate of drug-likeness (QED) is 0.252. The smallest absolute Gasteiger partial charge is 0.346 e. The number of ether oxygens (including phenoxy) is 1. The van der Waals surface area contributed by atoms with Crippen LogP contribution in [0.15, 0.2) is 11.0 Å². The Labute approximate surface area is 124 Å². The van der Waals surface area contributed by atoms with E-state index >= 15 is 0 Å². The van der Waals surface area contributed by atoms with Gasteiger partial charge in [0.25, 0.3) is 0 Å². The van der Waals surface area contributed by atoms with E-state index in [9.17, 15) is 25.2 Å². The standard InChI is InChI=1S/C11H18N4O7/c12-11(8(20)7(19)6(18)5(3-17)22-11)15-9-4(2-16)1-13-10(21)14-9/h1,5-8,16-20H,2-3,12H2,(H2,13,14,15,21)/t5-,6-,7+,8-,11?/m1/s1. The van der Waals surface area contributed by atoms with E-state index in [1.807, 2.05) is 0 Å². The van der Waals surface area contributed by atoms with E-state index in [0.717, 1.165) is 0 Å². The molecule has 1 saturated heterocycles. The van der Waals surface area contributed by atoms with Gasteiger partial charge in [0.15, 0.2) is 0 Å². The number of aromatic amines is 1. The molecule has 0 bridgehead atoms. The van der Waals surface area contributed by atoms with Gasteiger partial charge in [-0.2, -0.15) is 4.98 Å². The lowest BCUT2D eigenvalue weighted by Crippen LogP contribution is -2.72. The Morgan fingerprint density at radius 2 is 2.05 bits per heavy atom. The molecular formula is C11H18N4O7. The lowest BCUT2D eigenvalue weighted by atomic mass is 9.95. The number of aromatic nitrogens is 2. The second-order valence-electron chi connectivity index (χ2n) is 4.92. The molecule has 11 heteroatoms. The molecule has 22 heavy (non-hydrogen) atoms. The predicted octanol–water partition coefficient (Wildman–Crippen LogP) is -4.24. The molecule has 0 aliphatic carbocycles. The van der Waals surface area contributed by atoms with E-state index in [4.69, 9.17) is 15.6 Å². The first-order chi connectivity index (χ1) is 10.3. The average molecular weight is 318 g/mol. The van der Waals surface area contributed by atoms with E-state index in [1.165, 1.54) is 6.20 Å². The van der Waals surface area contributed by atoms with Gasteiger partial charge in [0, 0.05) is 11.8 Å². The van der Waals surface area contributed by atoms with Gasteiger partial charge in [-0.15, -0.1) is 0 Å². The van der Waals surface area contributed by atoms with Crippen LogP contribution in [0.25, 0.3) is 0 Å². The number of nitrogens with two attached hydrogens (primary N) is 1. The van der Waals surface area contributed by atoms with Crippen molar-refractivity contribution in [2.24, 2.45) is 5.73 Å². The van der Waals surface area contributed by atoms with Gasteiger partial charge >= 0.3 is 5.69 Å². The molecule has 1 aromatic heterocycles. The van der Waals surface area contributed by atoms with Crippen molar-refractivity contribution >= 4 is 5.82 Å². The topological polar surface area (TPSA) is 194 Å². The molecular weight excluding hydrogens is 300 g/mol. The summed E-state index contributed by atoms with van der Waals surface area (Å²) >= 11 is 0. The van der Waals surface area contributed by atoms with Crippen molar-refractivity contribution in [3.8, 4) is 0 Å². The van der Waals surface area contributed by atoms with Crippen LogP contribution >= 0.6 is 0 Å². The molecule has 1 aliphatic rings. The minimum atomic E-state index is -2.14. The van der Waals surface area contributed by atoms with Crippen LogP contribution in [-0.2, 0) is 11.3 Å². The molecule has 1 unspecified atom stereocenters. The number of H-pyrrole nitrogens is 1. The Kier molecular flexibility index (Phi) is 4.77. The summed E-state index contributed by atoms with van der Waals surface area (Å²) in [5.74, 6) is -2.32. The normalized spacial score (nSPS) is 35.4. The maximum absolute atomic E-state index is 11.3. The van der Waals surface area contributed by atoms with E-state index < -0.39 is 49.2 Å². The number of nitrogens with zero attached hydrogens (tertiary/aromatic N) is 1. The summed E-state index contributed by atoms with van der Waals surface area (Å²) in [5, 5.41) is 50.2. The molecule has 9 N–H and O–H groups in total. The third-order valence-electron chi connectivity index (χ3n) is 3.39. The molecule has 0 spiro atoms. The summed E-state index contributed by atoms with van der Waals surface area (Å²) in [4.78, 5) is 17.1. The number of nitrogens with one attached hydrogen (secondary N) is 2. The van der Waals surface area contributed by atoms with Crippen molar-refractivity contribution in [1.29, 1.82) is 0 Å². The highest BCUT2D eigenvalue weighted by Crippen LogP contribution is 2.27. The molecule has 1 aliphatic heterocycles. The van der Waals surface area contributed by atoms with Gasteiger partial charge in [-0.3, -0.25) is 5.73 Å². The van der Waals surface area contributed by atoms with Gasteiger partial charge in [0.2, 0.25) is 5.85 Å². The first-order valence-corrected chi connectivity index (χ1v) is 6.41. The Hall–Kier alpha value is -1.60. The highest BCUT2D eigenvalue weighted by molar-refractivity contribution is 5.44. The van der Waals surface area contributed by atoms with Crippen LogP contribution in [0.3, 0.4) is 0 Å². The molecule has 2 rings (SSSR count). The highest BCUT2D eigenvalue weighted by atomic mass is 16.6. The van der Waals surface area contributed by atoms with E-state index in [-0.39, 0.29) is 11.4 Å². The fourth-order valence-corrected chi connectivity index (χ4v) is 2.14. The molecule has 0 radical (unpaired) electrons. The molecule has 124 valence electrons. The van der Waals surface area contributed by atoms with E-state index in [0.29, 0.717) is 0 Å². The molecule has 1 fully saturated rings. The van der Waals surface area contributed by atoms with Crippen molar-refractivity contribution in [2.45, 2.75) is 36.9 Å². The number of rotatable bonds is 4. The number of hydrogen-bond acceptors (Lipinski definition) is 10. The van der Waals surface area contributed by atoms with Crippen molar-refractivity contribution in [3.63, 3.8) is 0 Å². The van der Waals surface area contributed by atoms with Crippen LogP contribution in [0.4, 0.5) is 5.82 Å². The van der Waals surface area contributed by atoms with Crippen LogP contribution in [0.2, 0.25) is 0 Å². The van der Waals surface area contributed by atoms with Crippen molar-refractivity contribution < 1.29 is 30.3 Å². The third-order valence-corrected chi connectivity index (χ3v) is 3.39. The first-order valence-electron chi connectivity index (χ1n) is 6.41. The van der Waals surface area contributed by atoms with Gasteiger partial charge < -0.3 is 40.6 Å². The minimum Gasteiger partial charge on any atom is -0.394 e. The summed E-state index contributed by atoms with van der Waals surface area (Å²) < 4.78 is 5.18. The van der Waals surface area contributed by atoms with Crippen LogP contribution in [0.1, 0.15) is 5.56 Å². The first kappa shape index (κ1) is 16.8. The van der Waals surface area contributed by atoms with E-state index in [1.54, 1.807) is 0 Å². The Morgan fingerprint density at radius 1 is 1.36 bits per heavy atom. The molecule has 0 amide bonds. The maximum Gasteiger partial charge on any atom is 0.346 e. The van der Waals surface area contributed by atoms with Crippen molar-refractivity contribution in [1.82, 2.24) is 9.97 Å². The van der Waals surface area contributed by atoms with Gasteiger partial charge in [-0.05, 0) is 0 Å². The largest absolute Gasteiger partial charge is 0.394 e. The number of aliphatic hydroxyl groups is 5. The zero-order valence-corrected chi connectivity index (χ0v) is 11.4. The summed E-state index contributed by atoms with van der Waals surface area (Å²) in [6, 6.07) is 0. The summed E-state index contributed by atoms with van der Waals surface area (Å²) in [5.41, 5.74) is 5.24. The zero-order chi connectivity index (χ0) is 16.5. The average Bonchev–Trinajstić information content (AvgIpc) is 2.49. The monoisotopic (exact) mass is 318 g/mol.